The van der Waals surface area contributed by atoms with Crippen LogP contribution in [0.25, 0.3) is 11.4 Å². The van der Waals surface area contributed by atoms with E-state index >= 15 is 0 Å². The second-order valence-electron chi connectivity index (χ2n) is 5.38. The summed E-state index contributed by atoms with van der Waals surface area (Å²) in [4.78, 5) is 12.1. The number of amides is 1. The van der Waals surface area contributed by atoms with E-state index in [1.54, 1.807) is 6.33 Å². The van der Waals surface area contributed by atoms with Gasteiger partial charge in [-0.3, -0.25) is 4.79 Å². The van der Waals surface area contributed by atoms with Crippen molar-refractivity contribution in [3.8, 4) is 11.4 Å². The zero-order chi connectivity index (χ0) is 16.1. The van der Waals surface area contributed by atoms with Crippen LogP contribution in [0.2, 0.25) is 0 Å². The summed E-state index contributed by atoms with van der Waals surface area (Å²) < 4.78 is 1.84. The molecule has 2 aromatic carbocycles. The molecule has 3 aromatic rings. The van der Waals surface area contributed by atoms with E-state index in [0.717, 1.165) is 29.1 Å². The third-order valence-corrected chi connectivity index (χ3v) is 3.60. The fraction of sp³-hybridized carbons (Fsp3) is 0.167. The van der Waals surface area contributed by atoms with Crippen molar-refractivity contribution in [2.45, 2.75) is 12.8 Å². The summed E-state index contributed by atoms with van der Waals surface area (Å²) >= 11 is 0. The molecule has 0 aliphatic carbocycles. The Kier molecular flexibility index (Phi) is 4.47. The Morgan fingerprint density at radius 2 is 1.96 bits per heavy atom. The second-order valence-corrected chi connectivity index (χ2v) is 5.38. The van der Waals surface area contributed by atoms with Crippen LogP contribution >= 0.6 is 0 Å². The summed E-state index contributed by atoms with van der Waals surface area (Å²) in [5.74, 6) is 0.773. The predicted octanol–water partition coefficient (Wildman–Crippen LogP) is 3.05. The largest absolute Gasteiger partial charge is 0.326 e. The number of anilines is 1. The van der Waals surface area contributed by atoms with Crippen molar-refractivity contribution in [3.63, 3.8) is 0 Å². The number of rotatable bonds is 5. The molecule has 5 nitrogen and oxygen atoms in total. The molecule has 0 radical (unpaired) electrons. The van der Waals surface area contributed by atoms with Crippen molar-refractivity contribution >= 4 is 11.6 Å². The van der Waals surface area contributed by atoms with E-state index in [0.29, 0.717) is 6.42 Å². The quantitative estimate of drug-likeness (QED) is 0.788. The molecule has 0 bridgehead atoms. The molecule has 0 aliphatic heterocycles. The molecule has 1 heterocycles. The number of hydrogen-bond acceptors (Lipinski definition) is 3. The van der Waals surface area contributed by atoms with Gasteiger partial charge in [-0.15, -0.1) is 10.2 Å². The number of nitrogens with one attached hydrogen (secondary N) is 1. The lowest BCUT2D eigenvalue weighted by molar-refractivity contribution is -0.116. The van der Waals surface area contributed by atoms with Gasteiger partial charge in [-0.25, -0.2) is 0 Å². The zero-order valence-electron chi connectivity index (χ0n) is 12.9. The maximum absolute atomic E-state index is 12.1. The van der Waals surface area contributed by atoms with Crippen LogP contribution in [0.15, 0.2) is 60.9 Å². The predicted molar refractivity (Wildman–Crippen MR) is 89.8 cm³/mol. The first-order valence-corrected chi connectivity index (χ1v) is 7.50. The van der Waals surface area contributed by atoms with E-state index in [9.17, 15) is 4.79 Å². The van der Waals surface area contributed by atoms with E-state index in [-0.39, 0.29) is 5.91 Å². The van der Waals surface area contributed by atoms with E-state index in [2.05, 4.69) is 15.5 Å². The van der Waals surface area contributed by atoms with Crippen LogP contribution in [0.3, 0.4) is 0 Å². The molecule has 23 heavy (non-hydrogen) atoms. The Hall–Kier alpha value is -2.95. The summed E-state index contributed by atoms with van der Waals surface area (Å²) in [6.45, 7) is 0. The van der Waals surface area contributed by atoms with Crippen LogP contribution in [0, 0.1) is 0 Å². The number of hydrogen-bond donors (Lipinski definition) is 1. The molecular formula is C18H18N4O. The Balaban J connectivity index is 1.64. The lowest BCUT2D eigenvalue weighted by Gasteiger charge is -2.07. The van der Waals surface area contributed by atoms with E-state index in [1.807, 2.05) is 66.2 Å². The average molecular weight is 306 g/mol. The van der Waals surface area contributed by atoms with Gasteiger partial charge in [-0.2, -0.15) is 0 Å². The van der Waals surface area contributed by atoms with Gasteiger partial charge in [-0.1, -0.05) is 42.5 Å². The van der Waals surface area contributed by atoms with Gasteiger partial charge in [0.1, 0.15) is 6.33 Å². The maximum atomic E-state index is 12.1. The lowest BCUT2D eigenvalue weighted by Crippen LogP contribution is -2.12. The van der Waals surface area contributed by atoms with Crippen LogP contribution in [0.4, 0.5) is 5.69 Å². The van der Waals surface area contributed by atoms with Crippen molar-refractivity contribution in [2.75, 3.05) is 5.32 Å². The fourth-order valence-corrected chi connectivity index (χ4v) is 2.41. The van der Waals surface area contributed by atoms with Gasteiger partial charge in [0.2, 0.25) is 5.91 Å². The van der Waals surface area contributed by atoms with Crippen molar-refractivity contribution in [1.29, 1.82) is 0 Å². The standard InChI is InChI=1S/C18H18N4O/c1-22-13-19-21-18(22)15-8-5-9-16(12-15)20-17(23)11-10-14-6-3-2-4-7-14/h2-9,12-13H,10-11H2,1H3,(H,20,23). The number of aromatic nitrogens is 3. The van der Waals surface area contributed by atoms with Gasteiger partial charge in [0.25, 0.3) is 0 Å². The highest BCUT2D eigenvalue weighted by molar-refractivity contribution is 5.91. The zero-order valence-corrected chi connectivity index (χ0v) is 12.9. The second kappa shape index (κ2) is 6.87. The molecular weight excluding hydrogens is 288 g/mol. The van der Waals surface area contributed by atoms with Gasteiger partial charge in [0, 0.05) is 24.7 Å². The third-order valence-electron chi connectivity index (χ3n) is 3.60. The first kappa shape index (κ1) is 15.0. The fourth-order valence-electron chi connectivity index (χ4n) is 2.41. The van der Waals surface area contributed by atoms with E-state index < -0.39 is 0 Å². The minimum atomic E-state index is 0.00367. The van der Waals surface area contributed by atoms with Gasteiger partial charge in [-0.05, 0) is 24.1 Å². The monoisotopic (exact) mass is 306 g/mol. The molecule has 3 rings (SSSR count). The topological polar surface area (TPSA) is 59.8 Å². The summed E-state index contributed by atoms with van der Waals surface area (Å²) in [7, 11) is 1.89. The molecule has 1 aromatic heterocycles. The molecule has 1 amide bonds. The summed E-state index contributed by atoms with van der Waals surface area (Å²) in [6, 6.07) is 17.6. The van der Waals surface area contributed by atoms with Crippen molar-refractivity contribution in [2.24, 2.45) is 7.05 Å². The Morgan fingerprint density at radius 3 is 2.70 bits per heavy atom. The Labute approximate surface area is 135 Å². The van der Waals surface area contributed by atoms with Crippen LogP contribution in [-0.4, -0.2) is 20.7 Å². The number of carbonyl (C=O) groups excluding carboxylic acids is 1. The number of aryl methyl sites for hydroxylation is 2. The summed E-state index contributed by atoms with van der Waals surface area (Å²) in [5.41, 5.74) is 2.85. The molecule has 1 N–H and O–H groups in total. The SMILES string of the molecule is Cn1cnnc1-c1cccc(NC(=O)CCc2ccccc2)c1. The van der Waals surface area contributed by atoms with Crippen LogP contribution < -0.4 is 5.32 Å². The maximum Gasteiger partial charge on any atom is 0.224 e. The van der Waals surface area contributed by atoms with Gasteiger partial charge in [0.05, 0.1) is 0 Å². The number of carbonyl (C=O) groups is 1. The smallest absolute Gasteiger partial charge is 0.224 e. The summed E-state index contributed by atoms with van der Waals surface area (Å²) in [5, 5.41) is 10.9. The van der Waals surface area contributed by atoms with Crippen molar-refractivity contribution in [3.05, 3.63) is 66.5 Å². The number of nitrogens with zero attached hydrogens (tertiary/aromatic N) is 3. The average Bonchev–Trinajstić information content (AvgIpc) is 3.00. The van der Waals surface area contributed by atoms with Gasteiger partial charge >= 0.3 is 0 Å². The van der Waals surface area contributed by atoms with E-state index in [1.165, 1.54) is 0 Å². The number of benzene rings is 2. The van der Waals surface area contributed by atoms with Crippen molar-refractivity contribution in [1.82, 2.24) is 14.8 Å². The Bertz CT molecular complexity index is 796. The molecule has 0 fully saturated rings. The molecule has 0 atom stereocenters. The van der Waals surface area contributed by atoms with Crippen LogP contribution in [-0.2, 0) is 18.3 Å². The van der Waals surface area contributed by atoms with Gasteiger partial charge in [0.15, 0.2) is 5.82 Å². The van der Waals surface area contributed by atoms with Crippen molar-refractivity contribution < 1.29 is 4.79 Å². The summed E-state index contributed by atoms with van der Waals surface area (Å²) in [6.07, 6.45) is 2.84. The molecule has 0 unspecified atom stereocenters. The first-order valence-electron chi connectivity index (χ1n) is 7.50. The highest BCUT2D eigenvalue weighted by Gasteiger charge is 2.07. The molecule has 0 aliphatic rings. The highest BCUT2D eigenvalue weighted by Crippen LogP contribution is 2.20. The molecule has 0 spiro atoms. The normalized spacial score (nSPS) is 10.5. The van der Waals surface area contributed by atoms with Crippen LogP contribution in [0.1, 0.15) is 12.0 Å². The van der Waals surface area contributed by atoms with Crippen LogP contribution in [0.5, 0.6) is 0 Å². The molecule has 0 saturated carbocycles. The minimum Gasteiger partial charge on any atom is -0.326 e. The molecule has 5 heteroatoms. The first-order chi connectivity index (χ1) is 11.2. The van der Waals surface area contributed by atoms with Gasteiger partial charge < -0.3 is 9.88 Å². The Morgan fingerprint density at radius 1 is 1.13 bits per heavy atom. The third kappa shape index (κ3) is 3.83. The lowest BCUT2D eigenvalue weighted by atomic mass is 10.1. The van der Waals surface area contributed by atoms with E-state index in [4.69, 9.17) is 0 Å². The molecule has 0 saturated heterocycles. The minimum absolute atomic E-state index is 0.00367. The molecule has 116 valence electrons. The highest BCUT2D eigenvalue weighted by atomic mass is 16.1.